The molecule has 2 aromatic rings. The smallest absolute Gasteiger partial charge is 0.139 e. The first-order valence-corrected chi connectivity index (χ1v) is 10.0. The summed E-state index contributed by atoms with van der Waals surface area (Å²) in [6.07, 6.45) is 8.01. The quantitative estimate of drug-likeness (QED) is 0.438. The standard InChI is InChI=1S/C23H25N7/c24-30-15-21(28-23(30)17-9-5-2-6-10-17)19-11-18(12-25-13-19)20-14-26-29-22(27-20)16-7-3-1-4-8-16/h1-11,13-15,22-23,25-29H,12,24H2. The molecule has 3 aliphatic rings. The van der Waals surface area contributed by atoms with Crippen LogP contribution in [0.2, 0.25) is 0 Å². The number of allylic oxidation sites excluding steroid dienone is 1. The van der Waals surface area contributed by atoms with E-state index in [1.807, 2.05) is 55.0 Å². The average Bonchev–Trinajstić information content (AvgIpc) is 3.22. The van der Waals surface area contributed by atoms with Crippen molar-refractivity contribution in [3.8, 4) is 0 Å². The van der Waals surface area contributed by atoms with Crippen LogP contribution >= 0.6 is 0 Å². The van der Waals surface area contributed by atoms with Gasteiger partial charge in [0.05, 0.1) is 11.4 Å². The number of nitrogens with two attached hydrogens (primary N) is 1. The summed E-state index contributed by atoms with van der Waals surface area (Å²) in [5, 5.41) is 12.2. The fourth-order valence-corrected chi connectivity index (χ4v) is 3.84. The van der Waals surface area contributed by atoms with Gasteiger partial charge in [-0.1, -0.05) is 60.7 Å². The number of hydrazine groups is 2. The highest BCUT2D eigenvalue weighted by Gasteiger charge is 2.26. The molecule has 0 aromatic heterocycles. The zero-order valence-electron chi connectivity index (χ0n) is 16.5. The molecule has 2 aromatic carbocycles. The van der Waals surface area contributed by atoms with E-state index in [9.17, 15) is 0 Å². The first kappa shape index (κ1) is 18.4. The monoisotopic (exact) mass is 399 g/mol. The van der Waals surface area contributed by atoms with Crippen LogP contribution in [0.4, 0.5) is 0 Å². The van der Waals surface area contributed by atoms with Gasteiger partial charge < -0.3 is 21.4 Å². The van der Waals surface area contributed by atoms with Gasteiger partial charge in [0.15, 0.2) is 0 Å². The Morgan fingerprint density at radius 1 is 0.833 bits per heavy atom. The van der Waals surface area contributed by atoms with E-state index in [4.69, 9.17) is 5.84 Å². The molecule has 5 rings (SSSR count). The van der Waals surface area contributed by atoms with Gasteiger partial charge in [0.2, 0.25) is 0 Å². The lowest BCUT2D eigenvalue weighted by Crippen LogP contribution is -2.45. The molecule has 3 aliphatic heterocycles. The van der Waals surface area contributed by atoms with Crippen molar-refractivity contribution in [1.29, 1.82) is 0 Å². The van der Waals surface area contributed by atoms with Crippen molar-refractivity contribution in [2.45, 2.75) is 12.3 Å². The van der Waals surface area contributed by atoms with Gasteiger partial charge in [-0.2, -0.15) is 0 Å². The van der Waals surface area contributed by atoms with Gasteiger partial charge in [0, 0.05) is 30.7 Å². The summed E-state index contributed by atoms with van der Waals surface area (Å²) in [7, 11) is 0. The normalized spacial score (nSPS) is 23.0. The highest BCUT2D eigenvalue weighted by molar-refractivity contribution is 5.49. The van der Waals surface area contributed by atoms with Gasteiger partial charge in [-0.15, -0.1) is 0 Å². The third-order valence-electron chi connectivity index (χ3n) is 5.40. The van der Waals surface area contributed by atoms with E-state index in [0.717, 1.165) is 34.6 Å². The Balaban J connectivity index is 1.33. The average molecular weight is 400 g/mol. The third-order valence-corrected chi connectivity index (χ3v) is 5.40. The van der Waals surface area contributed by atoms with Gasteiger partial charge in [0.25, 0.3) is 0 Å². The number of nitrogens with zero attached hydrogens (tertiary/aromatic N) is 1. The minimum absolute atomic E-state index is 0.00716. The predicted octanol–water partition coefficient (Wildman–Crippen LogP) is 1.96. The maximum absolute atomic E-state index is 6.25. The van der Waals surface area contributed by atoms with Crippen LogP contribution in [0.15, 0.2) is 108 Å². The number of dihydropyridines is 1. The molecule has 2 atom stereocenters. The summed E-state index contributed by atoms with van der Waals surface area (Å²) in [4.78, 5) is 0. The maximum Gasteiger partial charge on any atom is 0.139 e. The van der Waals surface area contributed by atoms with Crippen LogP contribution in [-0.4, -0.2) is 11.6 Å². The summed E-state index contributed by atoms with van der Waals surface area (Å²) < 4.78 is 0. The second-order valence-corrected chi connectivity index (χ2v) is 7.43. The molecule has 0 amide bonds. The molecule has 0 fully saturated rings. The molecular weight excluding hydrogens is 374 g/mol. The lowest BCUT2D eigenvalue weighted by Gasteiger charge is -2.30. The van der Waals surface area contributed by atoms with Crippen molar-refractivity contribution in [1.82, 2.24) is 31.8 Å². The minimum atomic E-state index is -0.0822. The molecular formula is C23H25N7. The predicted molar refractivity (Wildman–Crippen MR) is 117 cm³/mol. The van der Waals surface area contributed by atoms with Crippen LogP contribution in [0.25, 0.3) is 0 Å². The second-order valence-electron chi connectivity index (χ2n) is 7.43. The molecule has 2 unspecified atom stereocenters. The number of hydrogen-bond acceptors (Lipinski definition) is 7. The van der Waals surface area contributed by atoms with Crippen molar-refractivity contribution in [2.75, 3.05) is 6.54 Å². The number of nitrogens with one attached hydrogen (secondary N) is 5. The van der Waals surface area contributed by atoms with Gasteiger partial charge in [0.1, 0.15) is 12.3 Å². The Kier molecular flexibility index (Phi) is 4.88. The Hall–Kier alpha value is -3.68. The van der Waals surface area contributed by atoms with Gasteiger partial charge in [-0.25, -0.2) is 11.3 Å². The lowest BCUT2D eigenvalue weighted by molar-refractivity contribution is 0.292. The molecule has 0 saturated heterocycles. The molecule has 7 N–H and O–H groups in total. The van der Waals surface area contributed by atoms with E-state index in [2.05, 4.69) is 57.1 Å². The van der Waals surface area contributed by atoms with Crippen LogP contribution in [0.3, 0.4) is 0 Å². The number of hydrogen-bond donors (Lipinski definition) is 6. The van der Waals surface area contributed by atoms with Crippen molar-refractivity contribution in [2.24, 2.45) is 5.84 Å². The molecule has 0 radical (unpaired) electrons. The Labute approximate surface area is 176 Å². The second kappa shape index (κ2) is 7.98. The molecule has 3 heterocycles. The summed E-state index contributed by atoms with van der Waals surface area (Å²) in [5.74, 6) is 6.25. The highest BCUT2D eigenvalue weighted by Crippen LogP contribution is 2.28. The zero-order valence-corrected chi connectivity index (χ0v) is 16.5. The molecule has 7 heteroatoms. The molecule has 0 bridgehead atoms. The van der Waals surface area contributed by atoms with E-state index >= 15 is 0 Å². The number of rotatable bonds is 4. The van der Waals surface area contributed by atoms with E-state index in [-0.39, 0.29) is 12.3 Å². The molecule has 0 spiro atoms. The van der Waals surface area contributed by atoms with Gasteiger partial charge >= 0.3 is 0 Å². The summed E-state index contributed by atoms with van der Waals surface area (Å²) in [6.45, 7) is 0.743. The summed E-state index contributed by atoms with van der Waals surface area (Å²) >= 11 is 0. The first-order valence-electron chi connectivity index (χ1n) is 10.0. The van der Waals surface area contributed by atoms with Gasteiger partial charge in [-0.05, 0) is 22.8 Å². The van der Waals surface area contributed by atoms with E-state index < -0.39 is 0 Å². The van der Waals surface area contributed by atoms with Crippen molar-refractivity contribution < 1.29 is 0 Å². The fourth-order valence-electron chi connectivity index (χ4n) is 3.84. The third kappa shape index (κ3) is 3.63. The molecule has 0 saturated carbocycles. The van der Waals surface area contributed by atoms with Crippen LogP contribution in [0, 0.1) is 0 Å². The summed E-state index contributed by atoms with van der Waals surface area (Å²) in [5.41, 5.74) is 13.0. The van der Waals surface area contributed by atoms with E-state index in [1.165, 1.54) is 5.56 Å². The fraction of sp³-hybridized carbons (Fsp3) is 0.130. The van der Waals surface area contributed by atoms with E-state index in [1.54, 1.807) is 5.01 Å². The minimum Gasteiger partial charge on any atom is -0.386 e. The van der Waals surface area contributed by atoms with E-state index in [0.29, 0.717) is 0 Å². The maximum atomic E-state index is 6.25. The largest absolute Gasteiger partial charge is 0.386 e. The zero-order chi connectivity index (χ0) is 20.3. The lowest BCUT2D eigenvalue weighted by atomic mass is 10.0. The first-order chi connectivity index (χ1) is 14.8. The van der Waals surface area contributed by atoms with Crippen molar-refractivity contribution >= 4 is 0 Å². The topological polar surface area (TPSA) is 89.4 Å². The molecule has 0 aliphatic carbocycles. The molecule has 152 valence electrons. The Morgan fingerprint density at radius 3 is 2.33 bits per heavy atom. The summed E-state index contributed by atoms with van der Waals surface area (Å²) in [6, 6.07) is 20.5. The Morgan fingerprint density at radius 2 is 1.57 bits per heavy atom. The van der Waals surface area contributed by atoms with Crippen molar-refractivity contribution in [3.63, 3.8) is 0 Å². The SMILES string of the molecule is NN1C=C(C2=CNCC(C3=CNNC(c4ccccc4)N3)=C2)NC1c1ccccc1. The van der Waals surface area contributed by atoms with Crippen molar-refractivity contribution in [3.05, 3.63) is 119 Å². The van der Waals surface area contributed by atoms with Crippen LogP contribution in [-0.2, 0) is 0 Å². The van der Waals surface area contributed by atoms with Crippen LogP contribution < -0.4 is 32.6 Å². The molecule has 7 nitrogen and oxygen atoms in total. The van der Waals surface area contributed by atoms with Gasteiger partial charge in [-0.3, -0.25) is 5.01 Å². The van der Waals surface area contributed by atoms with Crippen LogP contribution in [0.1, 0.15) is 23.5 Å². The highest BCUT2D eigenvalue weighted by atomic mass is 15.5. The molecule has 30 heavy (non-hydrogen) atoms. The van der Waals surface area contributed by atoms with Crippen LogP contribution in [0.5, 0.6) is 0 Å². The number of benzene rings is 2. The Bertz CT molecular complexity index is 1020.